The summed E-state index contributed by atoms with van der Waals surface area (Å²) in [6, 6.07) is 5.42. The van der Waals surface area contributed by atoms with Gasteiger partial charge < -0.3 is 10.2 Å². The minimum absolute atomic E-state index is 0.00649. The molecule has 0 atom stereocenters. The van der Waals surface area contributed by atoms with E-state index in [1.54, 1.807) is 11.0 Å². The van der Waals surface area contributed by atoms with Crippen molar-refractivity contribution in [3.63, 3.8) is 0 Å². The Balaban J connectivity index is 1.60. The van der Waals surface area contributed by atoms with E-state index in [9.17, 15) is 27.3 Å². The molecule has 0 amide bonds. The summed E-state index contributed by atoms with van der Waals surface area (Å²) in [4.78, 5) is 12.2. The van der Waals surface area contributed by atoms with Crippen molar-refractivity contribution in [2.24, 2.45) is 0 Å². The molecule has 1 N–H and O–H groups in total. The number of halogens is 2. The Morgan fingerprint density at radius 1 is 1.07 bits per heavy atom. The first-order valence-corrected chi connectivity index (χ1v) is 10.5. The zero-order chi connectivity index (χ0) is 20.8. The van der Waals surface area contributed by atoms with Crippen LogP contribution in [0.2, 0.25) is 0 Å². The summed E-state index contributed by atoms with van der Waals surface area (Å²) in [7, 11) is -4.21. The van der Waals surface area contributed by atoms with Crippen LogP contribution in [0.25, 0.3) is 0 Å². The Labute approximate surface area is 165 Å². The Bertz CT molecular complexity index is 1090. The molecular formula is C18H18F2N4O4S. The summed E-state index contributed by atoms with van der Waals surface area (Å²) >= 11 is 0. The van der Waals surface area contributed by atoms with E-state index in [-0.39, 0.29) is 31.9 Å². The lowest BCUT2D eigenvalue weighted by Gasteiger charge is -2.35. The van der Waals surface area contributed by atoms with E-state index in [1.165, 1.54) is 6.07 Å². The highest BCUT2D eigenvalue weighted by Crippen LogP contribution is 2.40. The Hall–Kier alpha value is -2.79. The number of piperazine rings is 1. The van der Waals surface area contributed by atoms with E-state index in [2.05, 4.69) is 5.32 Å². The van der Waals surface area contributed by atoms with Crippen molar-refractivity contribution in [3.8, 4) is 0 Å². The van der Waals surface area contributed by atoms with Gasteiger partial charge in [0.25, 0.3) is 5.69 Å². The summed E-state index contributed by atoms with van der Waals surface area (Å²) in [6.07, 6.45) is 0.638. The minimum Gasteiger partial charge on any atom is -0.384 e. The fourth-order valence-electron chi connectivity index (χ4n) is 3.83. The fourth-order valence-corrected chi connectivity index (χ4v) is 5.33. The van der Waals surface area contributed by atoms with E-state index in [0.29, 0.717) is 24.7 Å². The molecule has 2 aromatic rings. The second kappa shape index (κ2) is 7.23. The van der Waals surface area contributed by atoms with Crippen molar-refractivity contribution in [3.05, 3.63) is 57.6 Å². The second-order valence-corrected chi connectivity index (χ2v) is 8.77. The number of rotatable bonds is 4. The standard InChI is InChI=1S/C18H18F2N4O4S/c19-12-1-2-14(20)17(11-12)29(27,28)23-9-7-22(8-10-23)18-13-5-6-21-15(13)3-4-16(18)24(25)26/h1-4,11,21H,5-10H2. The van der Waals surface area contributed by atoms with Crippen molar-refractivity contribution in [2.45, 2.75) is 11.3 Å². The number of nitrogens with one attached hydrogen (secondary N) is 1. The van der Waals surface area contributed by atoms with E-state index < -0.39 is 31.5 Å². The van der Waals surface area contributed by atoms with Crippen LogP contribution in [-0.4, -0.2) is 50.4 Å². The van der Waals surface area contributed by atoms with Gasteiger partial charge in [-0.1, -0.05) is 0 Å². The third-order valence-electron chi connectivity index (χ3n) is 5.21. The van der Waals surface area contributed by atoms with Gasteiger partial charge in [-0.05, 0) is 30.7 Å². The predicted octanol–water partition coefficient (Wildman–Crippen LogP) is 2.35. The Kier molecular flexibility index (Phi) is 4.87. The summed E-state index contributed by atoms with van der Waals surface area (Å²) in [5, 5.41) is 14.7. The first-order valence-electron chi connectivity index (χ1n) is 9.03. The predicted molar refractivity (Wildman–Crippen MR) is 103 cm³/mol. The number of nitro benzene ring substituents is 1. The van der Waals surface area contributed by atoms with Gasteiger partial charge in [-0.25, -0.2) is 17.2 Å². The molecule has 154 valence electrons. The molecule has 8 nitrogen and oxygen atoms in total. The third-order valence-corrected chi connectivity index (χ3v) is 7.13. The fraction of sp³-hybridized carbons (Fsp3) is 0.333. The molecule has 1 fully saturated rings. The monoisotopic (exact) mass is 424 g/mol. The van der Waals surface area contributed by atoms with E-state index in [0.717, 1.165) is 27.7 Å². The first-order chi connectivity index (χ1) is 13.8. The first kappa shape index (κ1) is 19.5. The van der Waals surface area contributed by atoms with Gasteiger partial charge in [0, 0.05) is 50.0 Å². The van der Waals surface area contributed by atoms with E-state index in [4.69, 9.17) is 0 Å². The molecule has 2 heterocycles. The van der Waals surface area contributed by atoms with Crippen molar-refractivity contribution in [1.82, 2.24) is 4.31 Å². The van der Waals surface area contributed by atoms with Gasteiger partial charge in [0.15, 0.2) is 0 Å². The third kappa shape index (κ3) is 3.40. The van der Waals surface area contributed by atoms with Gasteiger partial charge in [0.2, 0.25) is 10.0 Å². The molecule has 0 saturated carbocycles. The molecule has 0 bridgehead atoms. The van der Waals surface area contributed by atoms with Crippen LogP contribution in [0.4, 0.5) is 25.8 Å². The van der Waals surface area contributed by atoms with Crippen LogP contribution < -0.4 is 10.2 Å². The highest BCUT2D eigenvalue weighted by molar-refractivity contribution is 7.89. The number of anilines is 2. The van der Waals surface area contributed by atoms with Gasteiger partial charge in [-0.3, -0.25) is 10.1 Å². The van der Waals surface area contributed by atoms with Gasteiger partial charge in [-0.15, -0.1) is 0 Å². The highest BCUT2D eigenvalue weighted by Gasteiger charge is 2.34. The zero-order valence-corrected chi connectivity index (χ0v) is 16.1. The van der Waals surface area contributed by atoms with Crippen LogP contribution in [0.5, 0.6) is 0 Å². The lowest BCUT2D eigenvalue weighted by Crippen LogP contribution is -2.49. The van der Waals surface area contributed by atoms with Gasteiger partial charge in [-0.2, -0.15) is 4.31 Å². The number of fused-ring (bicyclic) bond motifs is 1. The number of hydrogen-bond donors (Lipinski definition) is 1. The maximum atomic E-state index is 14.0. The van der Waals surface area contributed by atoms with Crippen LogP contribution in [0.3, 0.4) is 0 Å². The van der Waals surface area contributed by atoms with Gasteiger partial charge in [0.1, 0.15) is 22.2 Å². The second-order valence-electron chi connectivity index (χ2n) is 6.86. The molecule has 0 unspecified atom stereocenters. The maximum absolute atomic E-state index is 14.0. The summed E-state index contributed by atoms with van der Waals surface area (Å²) in [5.74, 6) is -1.86. The molecule has 4 rings (SSSR count). The number of benzene rings is 2. The smallest absolute Gasteiger partial charge is 0.292 e. The molecule has 29 heavy (non-hydrogen) atoms. The maximum Gasteiger partial charge on any atom is 0.292 e. The largest absolute Gasteiger partial charge is 0.384 e. The van der Waals surface area contributed by atoms with Crippen LogP contribution in [-0.2, 0) is 16.4 Å². The van der Waals surface area contributed by atoms with E-state index in [1.807, 2.05) is 0 Å². The Morgan fingerprint density at radius 3 is 2.48 bits per heavy atom. The molecule has 0 radical (unpaired) electrons. The van der Waals surface area contributed by atoms with Crippen molar-refractivity contribution >= 4 is 27.1 Å². The van der Waals surface area contributed by atoms with Gasteiger partial charge >= 0.3 is 0 Å². The normalized spacial score (nSPS) is 17.1. The van der Waals surface area contributed by atoms with Crippen LogP contribution in [0.15, 0.2) is 35.2 Å². The van der Waals surface area contributed by atoms with Crippen LogP contribution >= 0.6 is 0 Å². The SMILES string of the molecule is O=[N+]([O-])c1ccc2c(c1N1CCN(S(=O)(=O)c3cc(F)ccc3F)CC1)CCN2. The highest BCUT2D eigenvalue weighted by atomic mass is 32.2. The van der Waals surface area contributed by atoms with Crippen LogP contribution in [0, 0.1) is 21.7 Å². The lowest BCUT2D eigenvalue weighted by atomic mass is 10.1. The quantitative estimate of drug-likeness (QED) is 0.598. The van der Waals surface area contributed by atoms with Gasteiger partial charge in [0.05, 0.1) is 4.92 Å². The number of sulfonamides is 1. The minimum atomic E-state index is -4.21. The Morgan fingerprint density at radius 2 is 1.79 bits per heavy atom. The molecule has 0 aliphatic carbocycles. The molecule has 2 aliphatic rings. The average molecular weight is 424 g/mol. The molecule has 0 aromatic heterocycles. The van der Waals surface area contributed by atoms with Crippen molar-refractivity contribution in [2.75, 3.05) is 42.9 Å². The number of hydrogen-bond acceptors (Lipinski definition) is 6. The molecule has 11 heteroatoms. The average Bonchev–Trinajstić information content (AvgIpc) is 3.17. The summed E-state index contributed by atoms with van der Waals surface area (Å²) < 4.78 is 54.0. The summed E-state index contributed by atoms with van der Waals surface area (Å²) in [6.45, 7) is 1.09. The zero-order valence-electron chi connectivity index (χ0n) is 15.3. The number of nitro groups is 1. The molecule has 2 aromatic carbocycles. The molecule has 2 aliphatic heterocycles. The summed E-state index contributed by atoms with van der Waals surface area (Å²) in [5.41, 5.74) is 2.14. The van der Waals surface area contributed by atoms with Crippen molar-refractivity contribution < 1.29 is 22.1 Å². The molecule has 0 spiro atoms. The van der Waals surface area contributed by atoms with Crippen LogP contribution in [0.1, 0.15) is 5.56 Å². The molecular weight excluding hydrogens is 406 g/mol. The van der Waals surface area contributed by atoms with E-state index >= 15 is 0 Å². The number of nitrogens with zero attached hydrogens (tertiary/aromatic N) is 3. The molecule has 1 saturated heterocycles. The lowest BCUT2D eigenvalue weighted by molar-refractivity contribution is -0.384. The topological polar surface area (TPSA) is 95.8 Å². The van der Waals surface area contributed by atoms with Crippen molar-refractivity contribution in [1.29, 1.82) is 0 Å².